The number of nitrogens with zero attached hydrogens (tertiary/aromatic N) is 2. The number of rotatable bonds is 6. The molecule has 1 saturated heterocycles. The van der Waals surface area contributed by atoms with Crippen molar-refractivity contribution >= 4 is 29.9 Å². The first kappa shape index (κ1) is 17.0. The number of β-amino-alcohol motifs (C(OH)–C–C–N with tert-alkyl or cyclic N) is 1. The number of aliphatic imine (C=N–C) groups is 1. The zero-order valence-electron chi connectivity index (χ0n) is 11.7. The fourth-order valence-electron chi connectivity index (χ4n) is 2.11. The zero-order valence-corrected chi connectivity index (χ0v) is 14.0. The number of hydrogen-bond acceptors (Lipinski definition) is 3. The maximum absolute atomic E-state index is 9.55. The molecule has 1 atom stereocenters. The van der Waals surface area contributed by atoms with E-state index in [-0.39, 0.29) is 30.1 Å². The lowest BCUT2D eigenvalue weighted by molar-refractivity contribution is 0.131. The lowest BCUT2D eigenvalue weighted by Gasteiger charge is -2.20. The molecule has 1 aliphatic heterocycles. The van der Waals surface area contributed by atoms with Gasteiger partial charge in [0.25, 0.3) is 0 Å². The lowest BCUT2D eigenvalue weighted by Crippen LogP contribution is -2.40. The van der Waals surface area contributed by atoms with Gasteiger partial charge in [0.2, 0.25) is 0 Å². The number of aliphatic hydroxyl groups is 1. The highest BCUT2D eigenvalue weighted by Gasteiger charge is 2.23. The molecule has 2 fully saturated rings. The summed E-state index contributed by atoms with van der Waals surface area (Å²) in [7, 11) is 0. The van der Waals surface area contributed by atoms with Crippen LogP contribution in [0, 0.1) is 5.92 Å². The first-order chi connectivity index (χ1) is 8.79. The Balaban J connectivity index is 0.00000180. The van der Waals surface area contributed by atoms with Crippen molar-refractivity contribution in [2.24, 2.45) is 10.9 Å². The highest BCUT2D eigenvalue weighted by Crippen LogP contribution is 2.28. The number of hydrogen-bond donors (Lipinski definition) is 2. The summed E-state index contributed by atoms with van der Waals surface area (Å²) in [5.41, 5.74) is 0. The van der Waals surface area contributed by atoms with E-state index in [9.17, 15) is 5.11 Å². The van der Waals surface area contributed by atoms with Gasteiger partial charge in [-0.25, -0.2) is 0 Å². The van der Waals surface area contributed by atoms with Gasteiger partial charge in [0.05, 0.1) is 19.3 Å². The number of nitrogens with one attached hydrogen (secondary N) is 1. The maximum atomic E-state index is 9.55. The first-order valence-electron chi connectivity index (χ1n) is 7.08. The molecule has 0 unspecified atom stereocenters. The first-order valence-corrected chi connectivity index (χ1v) is 7.08. The van der Waals surface area contributed by atoms with E-state index in [1.807, 2.05) is 0 Å². The van der Waals surface area contributed by atoms with Crippen LogP contribution in [0.5, 0.6) is 0 Å². The van der Waals surface area contributed by atoms with Gasteiger partial charge in [-0.15, -0.1) is 24.0 Å². The van der Waals surface area contributed by atoms with Crippen molar-refractivity contribution in [2.45, 2.75) is 32.3 Å². The van der Waals surface area contributed by atoms with Gasteiger partial charge in [0, 0.05) is 26.2 Å². The molecule has 19 heavy (non-hydrogen) atoms. The van der Waals surface area contributed by atoms with Crippen LogP contribution in [-0.2, 0) is 4.74 Å². The Morgan fingerprint density at radius 2 is 2.21 bits per heavy atom. The molecule has 2 N–H and O–H groups in total. The number of likely N-dealkylation sites (tertiary alicyclic amines) is 1. The minimum absolute atomic E-state index is 0. The standard InChI is InChI=1S/C13H25N3O2.HI/c1-2-14-13(16-7-5-12(17)9-16)15-6-8-18-10-11-3-4-11;/h11-12,17H,2-10H2,1H3,(H,14,15);1H/t12-;/m1./s1. The largest absolute Gasteiger partial charge is 0.391 e. The smallest absolute Gasteiger partial charge is 0.194 e. The normalized spacial score (nSPS) is 23.4. The number of aliphatic hydroxyl groups excluding tert-OH is 1. The number of ether oxygens (including phenoxy) is 1. The Bertz CT molecular complexity index is 285. The van der Waals surface area contributed by atoms with Crippen LogP contribution < -0.4 is 5.32 Å². The van der Waals surface area contributed by atoms with Crippen LogP contribution in [0.2, 0.25) is 0 Å². The predicted octanol–water partition coefficient (Wildman–Crippen LogP) is 1.06. The third-order valence-corrected chi connectivity index (χ3v) is 3.35. The van der Waals surface area contributed by atoms with E-state index in [0.29, 0.717) is 19.7 Å². The van der Waals surface area contributed by atoms with E-state index in [1.165, 1.54) is 12.8 Å². The van der Waals surface area contributed by atoms with E-state index < -0.39 is 0 Å². The summed E-state index contributed by atoms with van der Waals surface area (Å²) >= 11 is 0. The molecular weight excluding hydrogens is 357 g/mol. The van der Waals surface area contributed by atoms with Crippen molar-refractivity contribution in [1.29, 1.82) is 0 Å². The summed E-state index contributed by atoms with van der Waals surface area (Å²) < 4.78 is 5.57. The Kier molecular flexibility index (Phi) is 8.01. The summed E-state index contributed by atoms with van der Waals surface area (Å²) in [5.74, 6) is 1.72. The van der Waals surface area contributed by atoms with Gasteiger partial charge in [0.1, 0.15) is 0 Å². The van der Waals surface area contributed by atoms with Crippen molar-refractivity contribution in [1.82, 2.24) is 10.2 Å². The molecule has 0 bridgehead atoms. The van der Waals surface area contributed by atoms with Crippen LogP contribution in [0.4, 0.5) is 0 Å². The van der Waals surface area contributed by atoms with E-state index in [1.54, 1.807) is 0 Å². The van der Waals surface area contributed by atoms with Gasteiger partial charge in [-0.1, -0.05) is 0 Å². The van der Waals surface area contributed by atoms with Crippen LogP contribution >= 0.6 is 24.0 Å². The van der Waals surface area contributed by atoms with Gasteiger partial charge in [-0.05, 0) is 32.1 Å². The molecule has 0 amide bonds. The molecule has 5 nitrogen and oxygen atoms in total. The summed E-state index contributed by atoms with van der Waals surface area (Å²) in [6.45, 7) is 6.78. The molecule has 0 aromatic rings. The minimum Gasteiger partial charge on any atom is -0.391 e. The molecule has 6 heteroatoms. The van der Waals surface area contributed by atoms with Crippen LogP contribution in [0.25, 0.3) is 0 Å². The molecule has 1 saturated carbocycles. The fourth-order valence-corrected chi connectivity index (χ4v) is 2.11. The molecule has 0 aromatic carbocycles. The second kappa shape index (κ2) is 8.97. The monoisotopic (exact) mass is 383 g/mol. The summed E-state index contributed by atoms with van der Waals surface area (Å²) in [4.78, 5) is 6.66. The van der Waals surface area contributed by atoms with E-state index in [0.717, 1.165) is 38.0 Å². The topological polar surface area (TPSA) is 57.1 Å². The van der Waals surface area contributed by atoms with Crippen LogP contribution in [0.1, 0.15) is 26.2 Å². The molecular formula is C13H26IN3O2. The van der Waals surface area contributed by atoms with Crippen molar-refractivity contribution in [3.05, 3.63) is 0 Å². The van der Waals surface area contributed by atoms with Crippen molar-refractivity contribution in [2.75, 3.05) is 39.4 Å². The molecule has 2 aliphatic rings. The fraction of sp³-hybridized carbons (Fsp3) is 0.923. The Labute approximate surface area is 132 Å². The Morgan fingerprint density at radius 1 is 1.42 bits per heavy atom. The van der Waals surface area contributed by atoms with Crippen molar-refractivity contribution in [3.63, 3.8) is 0 Å². The molecule has 112 valence electrons. The number of guanidine groups is 1. The summed E-state index contributed by atoms with van der Waals surface area (Å²) in [6, 6.07) is 0. The summed E-state index contributed by atoms with van der Waals surface area (Å²) in [6.07, 6.45) is 3.29. The molecule has 0 spiro atoms. The van der Waals surface area contributed by atoms with Gasteiger partial charge in [-0.3, -0.25) is 4.99 Å². The van der Waals surface area contributed by atoms with Gasteiger partial charge >= 0.3 is 0 Å². The second-order valence-electron chi connectivity index (χ2n) is 5.14. The van der Waals surface area contributed by atoms with Crippen LogP contribution in [-0.4, -0.2) is 61.5 Å². The Hall–Kier alpha value is -0.0800. The van der Waals surface area contributed by atoms with Crippen molar-refractivity contribution < 1.29 is 9.84 Å². The van der Waals surface area contributed by atoms with Gasteiger partial charge in [-0.2, -0.15) is 0 Å². The minimum atomic E-state index is -0.208. The third-order valence-electron chi connectivity index (χ3n) is 3.35. The lowest BCUT2D eigenvalue weighted by atomic mass is 10.3. The van der Waals surface area contributed by atoms with Crippen LogP contribution in [0.15, 0.2) is 4.99 Å². The molecule has 2 rings (SSSR count). The van der Waals surface area contributed by atoms with Crippen LogP contribution in [0.3, 0.4) is 0 Å². The highest BCUT2D eigenvalue weighted by atomic mass is 127. The molecule has 0 radical (unpaired) electrons. The second-order valence-corrected chi connectivity index (χ2v) is 5.14. The van der Waals surface area contributed by atoms with Crippen molar-refractivity contribution in [3.8, 4) is 0 Å². The summed E-state index contributed by atoms with van der Waals surface area (Å²) in [5, 5.41) is 12.8. The van der Waals surface area contributed by atoms with E-state index in [4.69, 9.17) is 4.74 Å². The van der Waals surface area contributed by atoms with Gasteiger partial charge < -0.3 is 20.1 Å². The third kappa shape index (κ3) is 6.27. The quantitative estimate of drug-likeness (QED) is 0.312. The van der Waals surface area contributed by atoms with E-state index >= 15 is 0 Å². The predicted molar refractivity (Wildman–Crippen MR) is 87.1 cm³/mol. The maximum Gasteiger partial charge on any atom is 0.194 e. The molecule has 1 aliphatic carbocycles. The van der Waals surface area contributed by atoms with E-state index in [2.05, 4.69) is 22.1 Å². The average Bonchev–Trinajstić information content (AvgIpc) is 3.08. The van der Waals surface area contributed by atoms with Gasteiger partial charge in [0.15, 0.2) is 5.96 Å². The average molecular weight is 383 g/mol. The number of halogens is 1. The Morgan fingerprint density at radius 3 is 2.79 bits per heavy atom. The highest BCUT2D eigenvalue weighted by molar-refractivity contribution is 14.0. The molecule has 0 aromatic heterocycles. The molecule has 1 heterocycles. The SMILES string of the molecule is CCNC(=NCCOCC1CC1)N1CC[C@@H](O)C1.I. The zero-order chi connectivity index (χ0) is 12.8.